The van der Waals surface area contributed by atoms with Crippen LogP contribution in [0.5, 0.6) is 0 Å². The van der Waals surface area contributed by atoms with Crippen LogP contribution in [-0.4, -0.2) is 87.5 Å². The number of nitriles is 1. The van der Waals surface area contributed by atoms with Gasteiger partial charge in [0.2, 0.25) is 5.95 Å². The summed E-state index contributed by atoms with van der Waals surface area (Å²) in [4.78, 5) is 14.1. The second-order valence-electron chi connectivity index (χ2n) is 13.4. The molecular formula is C34H43F3N9OPS. The monoisotopic (exact) mass is 713 g/mol. The average Bonchev–Trinajstić information content (AvgIpc) is 3.74. The van der Waals surface area contributed by atoms with Gasteiger partial charge < -0.3 is 20.9 Å². The molecule has 1 aliphatic carbocycles. The molecule has 49 heavy (non-hydrogen) atoms. The van der Waals surface area contributed by atoms with Gasteiger partial charge in [0.25, 0.3) is 0 Å². The van der Waals surface area contributed by atoms with E-state index in [1.54, 1.807) is 0 Å². The number of piperidine rings is 1. The molecule has 15 heteroatoms. The molecule has 3 aliphatic rings. The van der Waals surface area contributed by atoms with Gasteiger partial charge in [0.15, 0.2) is 8.46 Å². The Morgan fingerprint density at radius 1 is 1.12 bits per heavy atom. The van der Waals surface area contributed by atoms with E-state index in [9.17, 15) is 23.0 Å². The zero-order valence-corrected chi connectivity index (χ0v) is 29.6. The Labute approximate surface area is 290 Å². The first kappa shape index (κ1) is 35.5. The molecule has 0 bridgehead atoms. The van der Waals surface area contributed by atoms with Crippen LogP contribution in [0.15, 0.2) is 24.3 Å². The van der Waals surface area contributed by atoms with Gasteiger partial charge in [-0.25, -0.2) is 4.98 Å². The summed E-state index contributed by atoms with van der Waals surface area (Å²) in [5.74, 6) is 0.552. The highest BCUT2D eigenvalue weighted by Gasteiger charge is 2.30. The van der Waals surface area contributed by atoms with E-state index in [-0.39, 0.29) is 16.9 Å². The van der Waals surface area contributed by atoms with E-state index < -0.39 is 12.6 Å². The molecule has 1 aromatic carbocycles. The zero-order valence-electron chi connectivity index (χ0n) is 27.9. The van der Waals surface area contributed by atoms with Gasteiger partial charge in [-0.3, -0.25) is 14.4 Å². The third kappa shape index (κ3) is 8.88. The van der Waals surface area contributed by atoms with Crippen molar-refractivity contribution >= 4 is 52.7 Å². The first-order chi connectivity index (χ1) is 23.5. The van der Waals surface area contributed by atoms with Crippen molar-refractivity contribution < 1.29 is 17.7 Å². The molecule has 0 unspecified atom stereocenters. The van der Waals surface area contributed by atoms with Crippen LogP contribution in [0.25, 0.3) is 21.1 Å². The van der Waals surface area contributed by atoms with Gasteiger partial charge in [-0.2, -0.15) is 23.4 Å². The van der Waals surface area contributed by atoms with Crippen LogP contribution >= 0.6 is 19.8 Å². The van der Waals surface area contributed by atoms with Gasteiger partial charge in [-0.1, -0.05) is 6.07 Å². The molecule has 7 rings (SSSR count). The standard InChI is InChI=1S/C31H38F3N9S.C3H5OP/c1-19(42-11-7-37-8-12-42)17-43-23(16-35)13-25-20(2)21(3-4-27(25)43)18-41-9-5-22(6-10-41)38-28-26-14-24(15-31(32,33)34)44-29(26)40-30(36)39-28;4-5-3-1-2-3/h3-4,13-14,19,22,37H,5-12,15,17-18H2,1-2H3,(H3,36,38,39,40);3H,1-2H2/t19-;/m0./s1. The van der Waals surface area contributed by atoms with E-state index in [1.165, 1.54) is 30.0 Å². The molecule has 1 atom stereocenters. The molecule has 3 fully saturated rings. The molecule has 10 nitrogen and oxygen atoms in total. The molecule has 0 spiro atoms. The average molecular weight is 714 g/mol. The predicted octanol–water partition coefficient (Wildman–Crippen LogP) is 6.32. The molecule has 0 radical (unpaired) electrons. The molecule has 2 saturated heterocycles. The number of thiophene rings is 1. The Kier molecular flexibility index (Phi) is 11.1. The summed E-state index contributed by atoms with van der Waals surface area (Å²) in [5.41, 5.74) is 10.7. The van der Waals surface area contributed by atoms with Crippen LogP contribution in [-0.2, 0) is 24.1 Å². The number of nitrogen functional groups attached to an aromatic ring is 1. The van der Waals surface area contributed by atoms with Crippen LogP contribution in [0.3, 0.4) is 0 Å². The van der Waals surface area contributed by atoms with Crippen LogP contribution in [0.2, 0.25) is 0 Å². The molecule has 0 amide bonds. The number of halogens is 3. The molecule has 4 aromatic rings. The minimum Gasteiger partial charge on any atom is -0.368 e. The van der Waals surface area contributed by atoms with E-state index in [0.29, 0.717) is 41.9 Å². The fraction of sp³-hybridized carbons (Fsp3) is 0.559. The van der Waals surface area contributed by atoms with E-state index in [2.05, 4.69) is 67.0 Å². The lowest BCUT2D eigenvalue weighted by Crippen LogP contribution is -2.48. The fourth-order valence-electron chi connectivity index (χ4n) is 6.72. The number of aromatic nitrogens is 3. The molecule has 2 aliphatic heterocycles. The van der Waals surface area contributed by atoms with E-state index >= 15 is 0 Å². The van der Waals surface area contributed by atoms with Gasteiger partial charge in [-0.15, -0.1) is 11.3 Å². The number of rotatable bonds is 9. The first-order valence-corrected chi connectivity index (χ1v) is 18.6. The van der Waals surface area contributed by atoms with Gasteiger partial charge in [-0.05, 0) is 68.9 Å². The molecular weight excluding hydrogens is 670 g/mol. The Balaban J connectivity index is 0.000000765. The Morgan fingerprint density at radius 3 is 2.49 bits per heavy atom. The summed E-state index contributed by atoms with van der Waals surface area (Å²) < 4.78 is 50.7. The van der Waals surface area contributed by atoms with E-state index in [1.807, 2.05) is 6.07 Å². The molecule has 3 aromatic heterocycles. The van der Waals surface area contributed by atoms with Crippen molar-refractivity contribution in [1.82, 2.24) is 29.7 Å². The summed E-state index contributed by atoms with van der Waals surface area (Å²) in [6, 6.07) is 10.8. The number of alkyl halides is 3. The third-order valence-corrected chi connectivity index (χ3v) is 11.5. The smallest absolute Gasteiger partial charge is 0.368 e. The van der Waals surface area contributed by atoms with Crippen molar-refractivity contribution in [3.63, 3.8) is 0 Å². The number of aryl methyl sites for hydroxylation is 1. The Bertz CT molecular complexity index is 1820. The topological polar surface area (TPSA) is 128 Å². The van der Waals surface area contributed by atoms with Crippen molar-refractivity contribution in [3.05, 3.63) is 46.0 Å². The molecule has 4 N–H and O–H groups in total. The summed E-state index contributed by atoms with van der Waals surface area (Å²) >= 11 is 1.01. The van der Waals surface area contributed by atoms with Crippen molar-refractivity contribution in [2.45, 2.75) is 83.0 Å². The number of likely N-dealkylation sites (tertiary alicyclic amines) is 1. The van der Waals surface area contributed by atoms with Gasteiger partial charge >= 0.3 is 6.18 Å². The maximum Gasteiger partial charge on any atom is 0.393 e. The number of hydrogen-bond acceptors (Lipinski definition) is 10. The summed E-state index contributed by atoms with van der Waals surface area (Å²) in [7, 11) is 0.358. The summed E-state index contributed by atoms with van der Waals surface area (Å²) in [5, 5.41) is 18.5. The Hall–Kier alpha value is -3.34. The predicted molar refractivity (Wildman–Crippen MR) is 189 cm³/mol. The van der Waals surface area contributed by atoms with Gasteiger partial charge in [0, 0.05) is 85.9 Å². The fourth-order valence-corrected chi connectivity index (χ4v) is 8.14. The lowest BCUT2D eigenvalue weighted by atomic mass is 10.0. The van der Waals surface area contributed by atoms with Gasteiger partial charge in [0.05, 0.1) is 11.8 Å². The second-order valence-corrected chi connectivity index (χ2v) is 15.4. The van der Waals surface area contributed by atoms with E-state index in [4.69, 9.17) is 5.73 Å². The number of nitrogens with two attached hydrogens (primary N) is 1. The minimum absolute atomic E-state index is 0.0513. The molecule has 5 heterocycles. The van der Waals surface area contributed by atoms with E-state index in [0.717, 1.165) is 87.4 Å². The largest absolute Gasteiger partial charge is 0.393 e. The molecule has 1 saturated carbocycles. The minimum atomic E-state index is -4.28. The SMILES string of the molecule is Cc1c(CN2CCC(Nc3nc(N)nc4sc(CC(F)(F)F)cc34)CC2)ccc2c1cc(C#N)n2C[C@H](C)N1CCNCC1.O=PC1CC1. The quantitative estimate of drug-likeness (QED) is 0.171. The number of nitrogens with one attached hydrogen (secondary N) is 2. The van der Waals surface area contributed by atoms with Crippen molar-refractivity contribution in [2.75, 3.05) is 50.3 Å². The van der Waals surface area contributed by atoms with Crippen LogP contribution in [0.1, 0.15) is 54.3 Å². The summed E-state index contributed by atoms with van der Waals surface area (Å²) in [6.45, 7) is 11.8. The third-order valence-electron chi connectivity index (χ3n) is 9.66. The first-order valence-electron chi connectivity index (χ1n) is 16.9. The summed E-state index contributed by atoms with van der Waals surface area (Å²) in [6.07, 6.45) is -1.17. The highest BCUT2D eigenvalue weighted by Crippen LogP contribution is 2.35. The van der Waals surface area contributed by atoms with Crippen LogP contribution < -0.4 is 16.4 Å². The molecule has 262 valence electrons. The normalized spacial score (nSPS) is 18.8. The highest BCUT2D eigenvalue weighted by atomic mass is 32.1. The van der Waals surface area contributed by atoms with Crippen molar-refractivity contribution in [3.8, 4) is 6.07 Å². The number of benzene rings is 1. The van der Waals surface area contributed by atoms with Crippen LogP contribution in [0.4, 0.5) is 24.9 Å². The lowest BCUT2D eigenvalue weighted by Gasteiger charge is -2.33. The van der Waals surface area contributed by atoms with Crippen molar-refractivity contribution in [2.24, 2.45) is 0 Å². The number of piperazine rings is 1. The number of hydrogen-bond donors (Lipinski definition) is 3. The number of nitrogens with zero attached hydrogens (tertiary/aromatic N) is 6. The maximum absolute atomic E-state index is 13.0. The number of fused-ring (bicyclic) bond motifs is 2. The van der Waals surface area contributed by atoms with Crippen LogP contribution in [0, 0.1) is 18.3 Å². The second kappa shape index (κ2) is 15.3. The van der Waals surface area contributed by atoms with Gasteiger partial charge in [0.1, 0.15) is 22.4 Å². The highest BCUT2D eigenvalue weighted by molar-refractivity contribution is 7.25. The maximum atomic E-state index is 13.0. The zero-order chi connectivity index (χ0) is 34.7. The number of anilines is 2. The van der Waals surface area contributed by atoms with Crippen molar-refractivity contribution in [1.29, 1.82) is 5.26 Å². The Morgan fingerprint density at radius 2 is 1.86 bits per heavy atom. The lowest BCUT2D eigenvalue weighted by molar-refractivity contribution is -0.126.